The average molecular weight is 646 g/mol. The molecule has 10 nitrogen and oxygen atoms in total. The molecule has 0 N–H and O–H groups in total. The van der Waals surface area contributed by atoms with Gasteiger partial charge in [-0.3, -0.25) is 4.90 Å². The molecular formula is C38H43N7O3. The minimum atomic E-state index is -0.397. The van der Waals surface area contributed by atoms with E-state index < -0.39 is 6.09 Å². The number of anilines is 1. The molecule has 248 valence electrons. The van der Waals surface area contributed by atoms with Gasteiger partial charge in [0.1, 0.15) is 19.0 Å². The minimum absolute atomic E-state index is 0.141. The zero-order chi connectivity index (χ0) is 33.0. The molecule has 0 bridgehead atoms. The lowest BCUT2D eigenvalue weighted by Gasteiger charge is -2.42. The summed E-state index contributed by atoms with van der Waals surface area (Å²) in [4.78, 5) is 32.0. The summed E-state index contributed by atoms with van der Waals surface area (Å²) >= 11 is 0. The molecule has 10 heteroatoms. The Hall–Kier alpha value is -4.72. The highest BCUT2D eigenvalue weighted by Crippen LogP contribution is 2.39. The summed E-state index contributed by atoms with van der Waals surface area (Å²) in [6, 6.07) is 27.6. The standard InChI is InChI=1S/C38H43N7O3/c1-42-19-9-14-30(42)26-47-37-40-34-22-35(32-16-8-13-28-12-6-7-15-31(28)32)43(2)24-33(34)36(41-37)44-20-21-45(29(23-44)17-18-39)38(46)48-25-27-10-4-3-5-11-27/h3-8,10-13,15-16,29-30,35H,9,14,17,19-26H2,1-2H3/t29-,30-,35?/m0/s1. The molecule has 48 heavy (non-hydrogen) atoms. The summed E-state index contributed by atoms with van der Waals surface area (Å²) in [6.45, 7) is 3.94. The minimum Gasteiger partial charge on any atom is -0.462 e. The average Bonchev–Trinajstić information content (AvgIpc) is 3.53. The first kappa shape index (κ1) is 31.9. The summed E-state index contributed by atoms with van der Waals surface area (Å²) in [7, 11) is 4.31. The maximum absolute atomic E-state index is 13.3. The number of amides is 1. The van der Waals surface area contributed by atoms with E-state index in [0.717, 1.165) is 48.4 Å². The summed E-state index contributed by atoms with van der Waals surface area (Å²) in [6.07, 6.45) is 2.79. The van der Waals surface area contributed by atoms with Crippen molar-refractivity contribution in [3.63, 3.8) is 0 Å². The van der Waals surface area contributed by atoms with Gasteiger partial charge in [-0.1, -0.05) is 72.8 Å². The molecule has 3 aromatic carbocycles. The fraction of sp³-hybridized carbons (Fsp3) is 0.421. The maximum Gasteiger partial charge on any atom is 0.410 e. The van der Waals surface area contributed by atoms with Crippen molar-refractivity contribution in [1.29, 1.82) is 5.26 Å². The molecule has 3 atom stereocenters. The Morgan fingerprint density at radius 2 is 1.75 bits per heavy atom. The number of piperazine rings is 1. The number of nitrogens with zero attached hydrogens (tertiary/aromatic N) is 7. The van der Waals surface area contributed by atoms with Crippen molar-refractivity contribution in [2.75, 3.05) is 51.8 Å². The van der Waals surface area contributed by atoms with Crippen LogP contribution in [-0.4, -0.2) is 89.7 Å². The van der Waals surface area contributed by atoms with Gasteiger partial charge in [0, 0.05) is 50.2 Å². The van der Waals surface area contributed by atoms with Crippen LogP contribution in [0.1, 0.15) is 47.7 Å². The van der Waals surface area contributed by atoms with Gasteiger partial charge in [-0.25, -0.2) is 4.79 Å². The van der Waals surface area contributed by atoms with Gasteiger partial charge >= 0.3 is 12.1 Å². The molecule has 0 spiro atoms. The van der Waals surface area contributed by atoms with Gasteiger partial charge in [0.05, 0.1) is 24.2 Å². The molecule has 1 aromatic heterocycles. The highest BCUT2D eigenvalue weighted by Gasteiger charge is 2.36. The first-order chi connectivity index (χ1) is 23.5. The van der Waals surface area contributed by atoms with Crippen molar-refractivity contribution >= 4 is 22.7 Å². The molecule has 3 aliphatic heterocycles. The van der Waals surface area contributed by atoms with Crippen LogP contribution in [0.25, 0.3) is 10.8 Å². The van der Waals surface area contributed by atoms with Crippen LogP contribution in [0.15, 0.2) is 72.8 Å². The summed E-state index contributed by atoms with van der Waals surface area (Å²) in [5.41, 5.74) is 4.28. The van der Waals surface area contributed by atoms with E-state index in [1.165, 1.54) is 16.3 Å². The quantitative estimate of drug-likeness (QED) is 0.244. The third-order valence-electron chi connectivity index (χ3n) is 10.2. The second kappa shape index (κ2) is 14.2. The van der Waals surface area contributed by atoms with E-state index in [2.05, 4.69) is 77.3 Å². The van der Waals surface area contributed by atoms with Gasteiger partial charge in [0.2, 0.25) is 0 Å². The first-order valence-corrected chi connectivity index (χ1v) is 17.0. The van der Waals surface area contributed by atoms with Gasteiger partial charge in [0.15, 0.2) is 0 Å². The second-order valence-corrected chi connectivity index (χ2v) is 13.2. The first-order valence-electron chi connectivity index (χ1n) is 17.0. The van der Waals surface area contributed by atoms with Gasteiger partial charge in [-0.05, 0) is 55.4 Å². The summed E-state index contributed by atoms with van der Waals surface area (Å²) in [5, 5.41) is 12.2. The lowest BCUT2D eigenvalue weighted by Crippen LogP contribution is -2.55. The zero-order valence-electron chi connectivity index (χ0n) is 27.8. The second-order valence-electron chi connectivity index (χ2n) is 13.2. The molecule has 3 aliphatic rings. The van der Waals surface area contributed by atoms with E-state index in [-0.39, 0.29) is 25.1 Å². The fourth-order valence-electron chi connectivity index (χ4n) is 7.47. The largest absolute Gasteiger partial charge is 0.462 e. The molecule has 1 amide bonds. The third kappa shape index (κ3) is 6.66. The molecular weight excluding hydrogens is 602 g/mol. The number of rotatable bonds is 8. The lowest BCUT2D eigenvalue weighted by atomic mass is 9.90. The third-order valence-corrected chi connectivity index (χ3v) is 10.2. The van der Waals surface area contributed by atoms with Crippen LogP contribution in [0.2, 0.25) is 0 Å². The highest BCUT2D eigenvalue weighted by atomic mass is 16.6. The number of fused-ring (bicyclic) bond motifs is 2. The molecule has 0 radical (unpaired) electrons. The number of nitriles is 1. The Morgan fingerprint density at radius 3 is 2.56 bits per heavy atom. The van der Waals surface area contributed by atoms with Crippen molar-refractivity contribution in [2.45, 2.75) is 57.0 Å². The number of hydrogen-bond donors (Lipinski definition) is 0. The Kier molecular flexibility index (Phi) is 9.41. The highest BCUT2D eigenvalue weighted by molar-refractivity contribution is 5.86. The van der Waals surface area contributed by atoms with Crippen molar-refractivity contribution in [1.82, 2.24) is 24.7 Å². The predicted octanol–water partition coefficient (Wildman–Crippen LogP) is 5.57. The van der Waals surface area contributed by atoms with Gasteiger partial charge in [-0.15, -0.1) is 0 Å². The molecule has 4 heterocycles. The molecule has 1 unspecified atom stereocenters. The van der Waals surface area contributed by atoms with E-state index in [1.807, 2.05) is 30.3 Å². The van der Waals surface area contributed by atoms with E-state index >= 15 is 0 Å². The summed E-state index contributed by atoms with van der Waals surface area (Å²) in [5.74, 6) is 0.832. The molecule has 0 saturated carbocycles. The number of likely N-dealkylation sites (N-methyl/N-ethyl adjacent to an activating group) is 2. The summed E-state index contributed by atoms with van der Waals surface area (Å²) < 4.78 is 12.0. The van der Waals surface area contributed by atoms with Crippen LogP contribution >= 0.6 is 0 Å². The fourth-order valence-corrected chi connectivity index (χ4v) is 7.47. The van der Waals surface area contributed by atoms with E-state index in [4.69, 9.17) is 19.4 Å². The zero-order valence-corrected chi connectivity index (χ0v) is 27.8. The molecule has 7 rings (SSSR count). The Balaban J connectivity index is 1.17. The number of ether oxygens (including phenoxy) is 2. The van der Waals surface area contributed by atoms with Crippen LogP contribution in [-0.2, 0) is 24.3 Å². The van der Waals surface area contributed by atoms with Crippen LogP contribution in [0.5, 0.6) is 6.01 Å². The molecule has 2 saturated heterocycles. The normalized spacial score (nSPS) is 21.6. The van der Waals surface area contributed by atoms with Crippen molar-refractivity contribution < 1.29 is 14.3 Å². The Bertz CT molecular complexity index is 1790. The molecule has 0 aliphatic carbocycles. The molecule has 2 fully saturated rings. The van der Waals surface area contributed by atoms with Crippen LogP contribution in [0, 0.1) is 11.3 Å². The number of likely N-dealkylation sites (tertiary alicyclic amines) is 1. The van der Waals surface area contributed by atoms with Crippen LogP contribution in [0.3, 0.4) is 0 Å². The smallest absolute Gasteiger partial charge is 0.410 e. The number of benzene rings is 3. The van der Waals surface area contributed by atoms with Crippen LogP contribution < -0.4 is 9.64 Å². The van der Waals surface area contributed by atoms with Crippen molar-refractivity contribution in [3.05, 3.63) is 95.2 Å². The SMILES string of the molecule is CN1Cc2c(nc(OC[C@@H]3CCCN3C)nc2N2CCN(C(=O)OCc3ccccc3)[C@@H](CC#N)C2)CC1c1cccc2ccccc12. The monoisotopic (exact) mass is 645 g/mol. The van der Waals surface area contributed by atoms with E-state index in [1.54, 1.807) is 4.90 Å². The van der Waals surface area contributed by atoms with Crippen molar-refractivity contribution in [3.8, 4) is 12.1 Å². The number of carbonyl (C=O) groups is 1. The van der Waals surface area contributed by atoms with E-state index in [0.29, 0.717) is 44.8 Å². The maximum atomic E-state index is 13.3. The Morgan fingerprint density at radius 1 is 0.938 bits per heavy atom. The number of carbonyl (C=O) groups excluding carboxylic acids is 1. The van der Waals surface area contributed by atoms with E-state index in [9.17, 15) is 10.1 Å². The number of aromatic nitrogens is 2. The topological polar surface area (TPSA) is 98.1 Å². The van der Waals surface area contributed by atoms with Crippen molar-refractivity contribution in [2.24, 2.45) is 0 Å². The lowest BCUT2D eigenvalue weighted by molar-refractivity contribution is 0.0767. The van der Waals surface area contributed by atoms with Gasteiger partial charge in [-0.2, -0.15) is 15.2 Å². The number of hydrogen-bond acceptors (Lipinski definition) is 9. The Labute approximate surface area is 282 Å². The molecule has 4 aromatic rings. The van der Waals surface area contributed by atoms with Gasteiger partial charge < -0.3 is 24.2 Å². The van der Waals surface area contributed by atoms with Crippen LogP contribution in [0.4, 0.5) is 10.6 Å². The predicted molar refractivity (Wildman–Crippen MR) is 185 cm³/mol. The van der Waals surface area contributed by atoms with Gasteiger partial charge in [0.25, 0.3) is 0 Å².